The summed E-state index contributed by atoms with van der Waals surface area (Å²) < 4.78 is 6.58. The first-order valence-electron chi connectivity index (χ1n) is 19.2. The van der Waals surface area contributed by atoms with E-state index in [0.717, 1.165) is 66.3 Å². The smallest absolute Gasteiger partial charge is 0.164 e. The second-order valence-corrected chi connectivity index (χ2v) is 14.4. The highest BCUT2D eigenvalue weighted by Crippen LogP contribution is 2.39. The highest BCUT2D eigenvalue weighted by molar-refractivity contribution is 6.13. The molecule has 0 fully saturated rings. The summed E-state index contributed by atoms with van der Waals surface area (Å²) in [5, 5.41) is 6.91. The molecule has 2 aromatic heterocycles. The third kappa shape index (κ3) is 5.92. The summed E-state index contributed by atoms with van der Waals surface area (Å²) >= 11 is 0. The van der Waals surface area contributed by atoms with Crippen LogP contribution >= 0.6 is 0 Å². The van der Waals surface area contributed by atoms with Crippen molar-refractivity contribution in [1.82, 2.24) is 15.0 Å². The van der Waals surface area contributed by atoms with E-state index >= 15 is 0 Å². The van der Waals surface area contributed by atoms with Crippen molar-refractivity contribution in [1.29, 1.82) is 0 Å². The fourth-order valence-corrected chi connectivity index (χ4v) is 8.06. The fourth-order valence-electron chi connectivity index (χ4n) is 8.06. The fraction of sp³-hybridized carbons (Fsp3) is 0. The molecule has 11 aromatic rings. The van der Waals surface area contributed by atoms with Gasteiger partial charge in [-0.3, -0.25) is 0 Å². The van der Waals surface area contributed by atoms with Crippen molar-refractivity contribution in [2.75, 3.05) is 0 Å². The van der Waals surface area contributed by atoms with Gasteiger partial charge in [0.2, 0.25) is 0 Å². The lowest BCUT2D eigenvalue weighted by molar-refractivity contribution is 0.669. The highest BCUT2D eigenvalue weighted by Gasteiger charge is 2.18. The minimum absolute atomic E-state index is 0.581. The van der Waals surface area contributed by atoms with Crippen LogP contribution in [0.25, 0.3) is 111 Å². The summed E-state index contributed by atoms with van der Waals surface area (Å²) in [5.41, 5.74) is 11.2. The lowest BCUT2D eigenvalue weighted by Crippen LogP contribution is -2.00. The molecule has 0 radical (unpaired) electrons. The molecule has 0 bridgehead atoms. The molecule has 9 aromatic carbocycles. The SMILES string of the molecule is c1ccc(-c2ccc(-c3cccc4oc5cc(-c6nc(-c7cccc(-c8ccccc8)c7)nc(-c7ccc8c(ccc9ccccc98)c7)n6)ccc5c34)cc2)cc1. The van der Waals surface area contributed by atoms with Gasteiger partial charge in [-0.15, -0.1) is 0 Å². The molecule has 57 heavy (non-hydrogen) atoms. The van der Waals surface area contributed by atoms with E-state index in [2.05, 4.69) is 182 Å². The van der Waals surface area contributed by atoms with Crippen LogP contribution in [0.3, 0.4) is 0 Å². The van der Waals surface area contributed by atoms with E-state index in [-0.39, 0.29) is 0 Å². The van der Waals surface area contributed by atoms with Crippen LogP contribution in [-0.4, -0.2) is 15.0 Å². The third-order valence-corrected chi connectivity index (χ3v) is 10.9. The van der Waals surface area contributed by atoms with Gasteiger partial charge < -0.3 is 4.42 Å². The Balaban J connectivity index is 1.04. The lowest BCUT2D eigenvalue weighted by atomic mass is 9.96. The molecule has 0 aliphatic heterocycles. The molecule has 0 N–H and O–H groups in total. The second-order valence-electron chi connectivity index (χ2n) is 14.4. The van der Waals surface area contributed by atoms with Crippen molar-refractivity contribution in [3.8, 4) is 67.5 Å². The van der Waals surface area contributed by atoms with Crippen LogP contribution in [0, 0.1) is 0 Å². The number of hydrogen-bond acceptors (Lipinski definition) is 4. The second kappa shape index (κ2) is 13.6. The molecule has 266 valence electrons. The minimum atomic E-state index is 0.581. The van der Waals surface area contributed by atoms with Crippen LogP contribution < -0.4 is 0 Å². The van der Waals surface area contributed by atoms with Crippen molar-refractivity contribution in [2.45, 2.75) is 0 Å². The molecule has 2 heterocycles. The first-order chi connectivity index (χ1) is 28.2. The van der Waals surface area contributed by atoms with E-state index in [4.69, 9.17) is 19.4 Å². The van der Waals surface area contributed by atoms with E-state index < -0.39 is 0 Å². The molecule has 0 aliphatic carbocycles. The van der Waals surface area contributed by atoms with Crippen LogP contribution in [0.2, 0.25) is 0 Å². The molecule has 4 heteroatoms. The van der Waals surface area contributed by atoms with Crippen LogP contribution in [-0.2, 0) is 0 Å². The number of aromatic nitrogens is 3. The topological polar surface area (TPSA) is 51.8 Å². The quantitative estimate of drug-likeness (QED) is 0.160. The number of fused-ring (bicyclic) bond motifs is 6. The molecule has 0 aliphatic rings. The summed E-state index contributed by atoms with van der Waals surface area (Å²) in [7, 11) is 0. The summed E-state index contributed by atoms with van der Waals surface area (Å²) in [6.45, 7) is 0. The predicted octanol–water partition coefficient (Wildman–Crippen LogP) is 14.1. The van der Waals surface area contributed by atoms with Gasteiger partial charge in [-0.2, -0.15) is 0 Å². The largest absolute Gasteiger partial charge is 0.456 e. The summed E-state index contributed by atoms with van der Waals surface area (Å²) in [6.07, 6.45) is 0. The number of benzene rings is 9. The van der Waals surface area contributed by atoms with E-state index in [0.29, 0.717) is 17.5 Å². The molecule has 11 rings (SSSR count). The van der Waals surface area contributed by atoms with Gasteiger partial charge in [0.25, 0.3) is 0 Å². The maximum Gasteiger partial charge on any atom is 0.164 e. The zero-order valence-electron chi connectivity index (χ0n) is 30.8. The van der Waals surface area contributed by atoms with Crippen LogP contribution in [0.1, 0.15) is 0 Å². The molecule has 4 nitrogen and oxygen atoms in total. The van der Waals surface area contributed by atoms with Crippen molar-refractivity contribution >= 4 is 43.5 Å². The molecule has 0 spiro atoms. The maximum atomic E-state index is 6.58. The average Bonchev–Trinajstić information content (AvgIpc) is 3.68. The molecule has 0 amide bonds. The molecular formula is C53H33N3O. The first-order valence-corrected chi connectivity index (χ1v) is 19.2. The van der Waals surface area contributed by atoms with E-state index in [1.807, 2.05) is 18.2 Å². The average molecular weight is 728 g/mol. The van der Waals surface area contributed by atoms with Gasteiger partial charge in [-0.05, 0) is 85.3 Å². The van der Waals surface area contributed by atoms with E-state index in [1.165, 1.54) is 27.3 Å². The van der Waals surface area contributed by atoms with Gasteiger partial charge >= 0.3 is 0 Å². The Labute approximate surface area is 329 Å². The van der Waals surface area contributed by atoms with Crippen molar-refractivity contribution in [2.24, 2.45) is 0 Å². The van der Waals surface area contributed by atoms with Crippen molar-refractivity contribution < 1.29 is 4.42 Å². The summed E-state index contributed by atoms with van der Waals surface area (Å²) in [5.74, 6) is 1.80. The van der Waals surface area contributed by atoms with Gasteiger partial charge in [0, 0.05) is 27.5 Å². The van der Waals surface area contributed by atoms with Gasteiger partial charge in [0.1, 0.15) is 11.2 Å². The molecule has 0 saturated carbocycles. The summed E-state index contributed by atoms with van der Waals surface area (Å²) in [4.78, 5) is 15.4. The Kier molecular flexibility index (Phi) is 7.78. The third-order valence-electron chi connectivity index (χ3n) is 10.9. The summed E-state index contributed by atoms with van der Waals surface area (Å²) in [6, 6.07) is 69.9. The monoisotopic (exact) mass is 727 g/mol. The molecule has 0 atom stereocenters. The molecule has 0 unspecified atom stereocenters. The Bertz CT molecular complexity index is 3280. The zero-order chi connectivity index (χ0) is 37.7. The molecular weight excluding hydrogens is 695 g/mol. The Hall–Kier alpha value is -7.69. The van der Waals surface area contributed by atoms with E-state index in [1.54, 1.807) is 0 Å². The minimum Gasteiger partial charge on any atom is -0.456 e. The highest BCUT2D eigenvalue weighted by atomic mass is 16.3. The number of hydrogen-bond donors (Lipinski definition) is 0. The van der Waals surface area contributed by atoms with Crippen molar-refractivity contribution in [3.63, 3.8) is 0 Å². The molecule has 0 saturated heterocycles. The zero-order valence-corrected chi connectivity index (χ0v) is 30.8. The van der Waals surface area contributed by atoms with Crippen LogP contribution in [0.15, 0.2) is 205 Å². The first kappa shape index (κ1) is 32.7. The Morgan fingerprint density at radius 3 is 1.54 bits per heavy atom. The van der Waals surface area contributed by atoms with Gasteiger partial charge in [-0.1, -0.05) is 170 Å². The van der Waals surface area contributed by atoms with Gasteiger partial charge in [0.15, 0.2) is 17.5 Å². The predicted molar refractivity (Wildman–Crippen MR) is 235 cm³/mol. The van der Waals surface area contributed by atoms with Crippen LogP contribution in [0.5, 0.6) is 0 Å². The van der Waals surface area contributed by atoms with Gasteiger partial charge in [-0.25, -0.2) is 15.0 Å². The van der Waals surface area contributed by atoms with Gasteiger partial charge in [0.05, 0.1) is 0 Å². The number of nitrogens with zero attached hydrogens (tertiary/aromatic N) is 3. The standard InChI is InChI=1S/C53H33N3O/c1-3-11-34(12-4-1)36-21-23-38(24-22-36)46-19-10-20-48-50(46)47-30-28-43(33-49(47)57-48)53-55-51(41-17-9-16-39(31-41)35-13-5-2-6-14-35)54-52(56-53)42-27-29-45-40(32-42)26-25-37-15-7-8-18-44(37)45/h1-33H. The normalized spacial score (nSPS) is 11.5. The van der Waals surface area contributed by atoms with Crippen LogP contribution in [0.4, 0.5) is 0 Å². The Morgan fingerprint density at radius 2 is 0.789 bits per heavy atom. The number of furan rings is 1. The number of rotatable bonds is 6. The lowest BCUT2D eigenvalue weighted by Gasteiger charge is -2.11. The van der Waals surface area contributed by atoms with Crippen molar-refractivity contribution in [3.05, 3.63) is 200 Å². The maximum absolute atomic E-state index is 6.58. The van der Waals surface area contributed by atoms with E-state index in [9.17, 15) is 0 Å². The Morgan fingerprint density at radius 1 is 0.281 bits per heavy atom.